The predicted molar refractivity (Wildman–Crippen MR) is 97.4 cm³/mol. The van der Waals surface area contributed by atoms with E-state index in [0.717, 1.165) is 17.7 Å². The Balaban J connectivity index is 1.72. The van der Waals surface area contributed by atoms with Gasteiger partial charge in [-0.1, -0.05) is 6.07 Å². The number of benzene rings is 2. The van der Waals surface area contributed by atoms with Crippen LogP contribution in [0.3, 0.4) is 0 Å². The molecule has 0 radical (unpaired) electrons. The quantitative estimate of drug-likeness (QED) is 0.708. The third-order valence-corrected chi connectivity index (χ3v) is 3.68. The number of aryl methyl sites for hydroxylation is 1. The highest BCUT2D eigenvalue weighted by Crippen LogP contribution is 2.27. The van der Waals surface area contributed by atoms with E-state index in [-0.39, 0.29) is 11.4 Å². The third-order valence-electron chi connectivity index (χ3n) is 3.68. The van der Waals surface area contributed by atoms with Crippen molar-refractivity contribution in [3.05, 3.63) is 71.7 Å². The molecule has 0 aliphatic rings. The van der Waals surface area contributed by atoms with Crippen molar-refractivity contribution in [2.24, 2.45) is 0 Å². The topological polar surface area (TPSA) is 76.1 Å². The molecule has 0 aliphatic carbocycles. The van der Waals surface area contributed by atoms with Crippen LogP contribution in [0, 0.1) is 18.6 Å². The highest BCUT2D eigenvalue weighted by Gasteiger charge is 2.11. The molecule has 0 atom stereocenters. The summed E-state index contributed by atoms with van der Waals surface area (Å²) in [6.07, 6.45) is 2.67. The average Bonchev–Trinajstić information content (AvgIpc) is 2.65. The number of hydrogen-bond donors (Lipinski definition) is 2. The van der Waals surface area contributed by atoms with Crippen molar-refractivity contribution in [2.45, 2.75) is 6.92 Å². The summed E-state index contributed by atoms with van der Waals surface area (Å²) in [5.74, 6) is -1.57. The van der Waals surface area contributed by atoms with Crippen LogP contribution in [-0.2, 0) is 0 Å². The van der Waals surface area contributed by atoms with Crippen molar-refractivity contribution < 1.29 is 18.3 Å². The van der Waals surface area contributed by atoms with E-state index in [1.807, 2.05) is 25.1 Å². The zero-order valence-corrected chi connectivity index (χ0v) is 14.6. The molecule has 1 amide bonds. The average molecular weight is 370 g/mol. The van der Waals surface area contributed by atoms with Gasteiger partial charge in [0.1, 0.15) is 17.3 Å². The lowest BCUT2D eigenvalue weighted by molar-refractivity contribution is 0.102. The lowest BCUT2D eigenvalue weighted by Crippen LogP contribution is -2.14. The summed E-state index contributed by atoms with van der Waals surface area (Å²) < 4.78 is 31.4. The first-order chi connectivity index (χ1) is 13.0. The molecule has 0 spiro atoms. The first-order valence-corrected chi connectivity index (χ1v) is 7.96. The number of halogens is 2. The summed E-state index contributed by atoms with van der Waals surface area (Å²) >= 11 is 0. The second kappa shape index (κ2) is 7.77. The molecule has 0 saturated carbocycles. The number of amides is 1. The summed E-state index contributed by atoms with van der Waals surface area (Å²) in [5.41, 5.74) is 1.90. The molecule has 2 aromatic carbocycles. The van der Waals surface area contributed by atoms with Crippen molar-refractivity contribution in [1.82, 2.24) is 9.97 Å². The van der Waals surface area contributed by atoms with Crippen LogP contribution < -0.4 is 15.4 Å². The van der Waals surface area contributed by atoms with Gasteiger partial charge in [0.25, 0.3) is 5.91 Å². The second-order valence-electron chi connectivity index (χ2n) is 5.70. The van der Waals surface area contributed by atoms with Crippen molar-refractivity contribution in [1.29, 1.82) is 0 Å². The molecule has 138 valence electrons. The molecule has 0 saturated heterocycles. The first-order valence-electron chi connectivity index (χ1n) is 7.96. The summed E-state index contributed by atoms with van der Waals surface area (Å²) in [6, 6.07) is 8.71. The number of rotatable bonds is 5. The van der Waals surface area contributed by atoms with Gasteiger partial charge in [0, 0.05) is 11.8 Å². The molecular formula is C19H16F2N4O2. The molecular weight excluding hydrogens is 354 g/mol. The minimum absolute atomic E-state index is 0.0292. The maximum atomic E-state index is 13.2. The van der Waals surface area contributed by atoms with Gasteiger partial charge in [-0.15, -0.1) is 0 Å². The molecule has 8 heteroatoms. The Kier molecular flexibility index (Phi) is 5.25. The minimum Gasteiger partial charge on any atom is -0.495 e. The Morgan fingerprint density at radius 3 is 2.52 bits per heavy atom. The zero-order chi connectivity index (χ0) is 19.4. The van der Waals surface area contributed by atoms with Gasteiger partial charge in [-0.25, -0.2) is 18.7 Å². The monoisotopic (exact) mass is 370 g/mol. The van der Waals surface area contributed by atoms with Crippen molar-refractivity contribution in [2.75, 3.05) is 17.7 Å². The molecule has 27 heavy (non-hydrogen) atoms. The van der Waals surface area contributed by atoms with Crippen LogP contribution in [0.2, 0.25) is 0 Å². The maximum Gasteiger partial charge on any atom is 0.275 e. The van der Waals surface area contributed by atoms with E-state index >= 15 is 0 Å². The van der Waals surface area contributed by atoms with E-state index in [1.54, 1.807) is 7.11 Å². The van der Waals surface area contributed by atoms with Gasteiger partial charge in [-0.3, -0.25) is 4.79 Å². The van der Waals surface area contributed by atoms with Crippen molar-refractivity contribution in [3.8, 4) is 5.75 Å². The number of ether oxygens (including phenoxy) is 1. The fourth-order valence-corrected chi connectivity index (χ4v) is 2.34. The standard InChI is InChI=1S/C19H16F2N4O2/c1-11-3-6-17(27-2)15(7-11)25-18-10-22-16(9-23-18)19(26)24-12-4-5-13(20)14(21)8-12/h3-10H,1-2H3,(H,23,25)(H,24,26). The van der Waals surface area contributed by atoms with Gasteiger partial charge in [0.2, 0.25) is 0 Å². The van der Waals surface area contributed by atoms with Crippen LogP contribution in [0.5, 0.6) is 5.75 Å². The molecule has 0 fully saturated rings. The number of carbonyl (C=O) groups excluding carboxylic acids is 1. The van der Waals surface area contributed by atoms with Gasteiger partial charge in [-0.05, 0) is 36.8 Å². The Bertz CT molecular complexity index is 978. The Morgan fingerprint density at radius 2 is 1.85 bits per heavy atom. The van der Waals surface area contributed by atoms with E-state index < -0.39 is 17.5 Å². The smallest absolute Gasteiger partial charge is 0.275 e. The molecule has 2 N–H and O–H groups in total. The number of nitrogens with zero attached hydrogens (tertiary/aromatic N) is 2. The third kappa shape index (κ3) is 4.35. The Labute approximate surface area is 154 Å². The highest BCUT2D eigenvalue weighted by molar-refractivity contribution is 6.02. The van der Waals surface area contributed by atoms with Gasteiger partial charge in [0.05, 0.1) is 25.2 Å². The second-order valence-corrected chi connectivity index (χ2v) is 5.70. The molecule has 3 aromatic rings. The largest absolute Gasteiger partial charge is 0.495 e. The van der Waals surface area contributed by atoms with E-state index in [0.29, 0.717) is 17.3 Å². The zero-order valence-electron chi connectivity index (χ0n) is 14.6. The number of hydrogen-bond acceptors (Lipinski definition) is 5. The van der Waals surface area contributed by atoms with E-state index in [1.165, 1.54) is 18.5 Å². The predicted octanol–water partition coefficient (Wildman–Crippen LogP) is 4.07. The van der Waals surface area contributed by atoms with Crippen LogP contribution >= 0.6 is 0 Å². The van der Waals surface area contributed by atoms with Gasteiger partial charge < -0.3 is 15.4 Å². The van der Waals surface area contributed by atoms with E-state index in [2.05, 4.69) is 20.6 Å². The first kappa shape index (κ1) is 18.2. The van der Waals surface area contributed by atoms with E-state index in [4.69, 9.17) is 4.74 Å². The number of nitrogens with one attached hydrogen (secondary N) is 2. The lowest BCUT2D eigenvalue weighted by atomic mass is 10.2. The molecule has 0 bridgehead atoms. The molecule has 0 unspecified atom stereocenters. The number of carbonyl (C=O) groups is 1. The minimum atomic E-state index is -1.05. The molecule has 1 aromatic heterocycles. The van der Waals surface area contributed by atoms with Gasteiger partial charge in [0.15, 0.2) is 11.6 Å². The Morgan fingerprint density at radius 1 is 1.04 bits per heavy atom. The van der Waals surface area contributed by atoms with Gasteiger partial charge >= 0.3 is 0 Å². The van der Waals surface area contributed by atoms with Gasteiger partial charge in [-0.2, -0.15) is 0 Å². The summed E-state index contributed by atoms with van der Waals surface area (Å²) in [7, 11) is 1.56. The Hall–Kier alpha value is -3.55. The number of anilines is 3. The lowest BCUT2D eigenvalue weighted by Gasteiger charge is -2.11. The van der Waals surface area contributed by atoms with Crippen LogP contribution in [0.1, 0.15) is 16.1 Å². The molecule has 1 heterocycles. The van der Waals surface area contributed by atoms with Crippen molar-refractivity contribution in [3.63, 3.8) is 0 Å². The maximum absolute atomic E-state index is 13.2. The molecule has 6 nitrogen and oxygen atoms in total. The highest BCUT2D eigenvalue weighted by atomic mass is 19.2. The summed E-state index contributed by atoms with van der Waals surface area (Å²) in [5, 5.41) is 5.50. The fourth-order valence-electron chi connectivity index (χ4n) is 2.34. The van der Waals surface area contributed by atoms with E-state index in [9.17, 15) is 13.6 Å². The summed E-state index contributed by atoms with van der Waals surface area (Å²) in [6.45, 7) is 1.95. The van der Waals surface area contributed by atoms with Crippen LogP contribution in [-0.4, -0.2) is 23.0 Å². The summed E-state index contributed by atoms with van der Waals surface area (Å²) in [4.78, 5) is 20.3. The normalized spacial score (nSPS) is 10.4. The van der Waals surface area contributed by atoms with Crippen LogP contribution in [0.4, 0.5) is 26.0 Å². The van der Waals surface area contributed by atoms with Crippen LogP contribution in [0.25, 0.3) is 0 Å². The van der Waals surface area contributed by atoms with Crippen LogP contribution in [0.15, 0.2) is 48.8 Å². The number of aromatic nitrogens is 2. The molecule has 3 rings (SSSR count). The number of methoxy groups -OCH3 is 1. The van der Waals surface area contributed by atoms with Crippen molar-refractivity contribution >= 4 is 23.1 Å². The fraction of sp³-hybridized carbons (Fsp3) is 0.105. The molecule has 0 aliphatic heterocycles. The SMILES string of the molecule is COc1ccc(C)cc1Nc1cnc(C(=O)Nc2ccc(F)c(F)c2)cn1.